The molecule has 0 aliphatic carbocycles. The Balaban J connectivity index is 3.89. The van der Waals surface area contributed by atoms with Crippen LogP contribution in [0.3, 0.4) is 0 Å². The third kappa shape index (κ3) is 2.64. The summed E-state index contributed by atoms with van der Waals surface area (Å²) in [4.78, 5) is 0. The van der Waals surface area contributed by atoms with Gasteiger partial charge in [0.25, 0.3) is 10.1 Å². The molecule has 0 saturated carbocycles. The summed E-state index contributed by atoms with van der Waals surface area (Å²) in [5.74, 6) is 0. The van der Waals surface area contributed by atoms with Crippen molar-refractivity contribution in [3.63, 3.8) is 0 Å². The predicted molar refractivity (Wildman–Crippen MR) is 26.5 cm³/mol. The number of rotatable bonds is 2. The van der Waals surface area contributed by atoms with E-state index in [2.05, 4.69) is 4.18 Å². The Morgan fingerprint density at radius 2 is 2.14 bits per heavy atom. The molecule has 7 heavy (non-hydrogen) atoms. The van der Waals surface area contributed by atoms with Gasteiger partial charge in [0.2, 0.25) is 0 Å². The fourth-order valence-corrected chi connectivity index (χ4v) is 0.204. The van der Waals surface area contributed by atoms with Gasteiger partial charge in [0.15, 0.2) is 0 Å². The summed E-state index contributed by atoms with van der Waals surface area (Å²) in [6, 6.07) is 0. The van der Waals surface area contributed by atoms with Crippen molar-refractivity contribution in [3.05, 3.63) is 0 Å². The highest BCUT2D eigenvalue weighted by Gasteiger charge is 1.99. The van der Waals surface area contributed by atoms with E-state index in [4.69, 9.17) is 7.85 Å². The molecule has 0 aromatic carbocycles. The minimum Gasteiger partial charge on any atom is -0.274 e. The van der Waals surface area contributed by atoms with E-state index in [0.717, 1.165) is 7.11 Å². The summed E-state index contributed by atoms with van der Waals surface area (Å²) in [5, 5.41) is 0. The van der Waals surface area contributed by atoms with Crippen LogP contribution in [0.5, 0.6) is 0 Å². The average Bonchev–Trinajstić information content (AvgIpc) is 1.68. The van der Waals surface area contributed by atoms with Crippen LogP contribution in [0.2, 0.25) is 0 Å². The second-order valence-corrected chi connectivity index (χ2v) is 2.67. The summed E-state index contributed by atoms with van der Waals surface area (Å²) >= 11 is 0. The second kappa shape index (κ2) is 2.33. The molecule has 0 aromatic rings. The van der Waals surface area contributed by atoms with Gasteiger partial charge in [0.05, 0.1) is 15.0 Å². The Kier molecular flexibility index (Phi) is 2.32. The predicted octanol–water partition coefficient (Wildman–Crippen LogP) is -0.911. The van der Waals surface area contributed by atoms with E-state index in [-0.39, 0.29) is 0 Å². The van der Waals surface area contributed by atoms with Gasteiger partial charge in [-0.15, -0.1) is 0 Å². The first-order valence-electron chi connectivity index (χ1n) is 1.61. The van der Waals surface area contributed by atoms with Crippen LogP contribution in [-0.2, 0) is 14.3 Å². The molecule has 0 spiro atoms. The molecule has 0 aliphatic heterocycles. The molecular weight excluding hydrogens is 115 g/mol. The minimum absolute atomic E-state index is 0.455. The average molecular weight is 120 g/mol. The van der Waals surface area contributed by atoms with E-state index in [1.165, 1.54) is 0 Å². The van der Waals surface area contributed by atoms with Gasteiger partial charge < -0.3 is 0 Å². The molecule has 0 atom stereocenters. The molecular formula is C2H5BO3S. The maximum Gasteiger partial charge on any atom is 0.258 e. The van der Waals surface area contributed by atoms with E-state index >= 15 is 0 Å². The van der Waals surface area contributed by atoms with Crippen molar-refractivity contribution in [2.24, 2.45) is 0 Å². The van der Waals surface area contributed by atoms with Crippen LogP contribution >= 0.6 is 0 Å². The fraction of sp³-hybridized carbons (Fsp3) is 1.00. The molecule has 2 radical (unpaired) electrons. The molecule has 40 valence electrons. The van der Waals surface area contributed by atoms with Crippen LogP contribution in [0.1, 0.15) is 0 Å². The summed E-state index contributed by atoms with van der Waals surface area (Å²) in [7, 11) is 2.40. The van der Waals surface area contributed by atoms with E-state index < -0.39 is 15.8 Å². The van der Waals surface area contributed by atoms with E-state index in [1.807, 2.05) is 0 Å². The largest absolute Gasteiger partial charge is 0.274 e. The van der Waals surface area contributed by atoms with Gasteiger partial charge in [-0.3, -0.25) is 4.18 Å². The zero-order valence-electron chi connectivity index (χ0n) is 3.92. The molecule has 0 rings (SSSR count). The monoisotopic (exact) mass is 120 g/mol. The first-order chi connectivity index (χ1) is 3.12. The zero-order valence-corrected chi connectivity index (χ0v) is 4.73. The Hall–Kier alpha value is -0.0251. The maximum atomic E-state index is 10.0. The van der Waals surface area contributed by atoms with Crippen LogP contribution in [0, 0.1) is 0 Å². The molecule has 0 amide bonds. The van der Waals surface area contributed by atoms with E-state index in [0.29, 0.717) is 0 Å². The van der Waals surface area contributed by atoms with E-state index in [9.17, 15) is 8.42 Å². The molecule has 0 bridgehead atoms. The van der Waals surface area contributed by atoms with Crippen LogP contribution in [0.15, 0.2) is 0 Å². The van der Waals surface area contributed by atoms with Crippen molar-refractivity contribution in [1.82, 2.24) is 0 Å². The molecule has 0 fully saturated rings. The van der Waals surface area contributed by atoms with Gasteiger partial charge in [-0.25, -0.2) is 8.42 Å². The number of hydrogen-bond donors (Lipinski definition) is 0. The van der Waals surface area contributed by atoms with Gasteiger partial charge in [0, 0.05) is 5.65 Å². The lowest BCUT2D eigenvalue weighted by atomic mass is 10.2. The van der Waals surface area contributed by atoms with Gasteiger partial charge >= 0.3 is 0 Å². The summed E-state index contributed by atoms with van der Waals surface area (Å²) in [6.45, 7) is 0. The topological polar surface area (TPSA) is 43.4 Å². The standard InChI is InChI=1S/C2H5BO3S/c1-6-7(4,5)2-3/h2H2,1H3. The fourth-order valence-electron chi connectivity index (χ4n) is 0.0680. The quantitative estimate of drug-likeness (QED) is 0.350. The lowest BCUT2D eigenvalue weighted by Gasteiger charge is -1.91. The highest BCUT2D eigenvalue weighted by molar-refractivity contribution is 7.87. The van der Waals surface area contributed by atoms with Gasteiger partial charge in [0.1, 0.15) is 0 Å². The Bertz CT molecular complexity index is 116. The third-order valence-corrected chi connectivity index (χ3v) is 1.37. The molecule has 0 saturated heterocycles. The van der Waals surface area contributed by atoms with Crippen LogP contribution in [0.25, 0.3) is 0 Å². The lowest BCUT2D eigenvalue weighted by molar-refractivity contribution is 0.402. The zero-order chi connectivity index (χ0) is 5.91. The Labute approximate surface area is 44.2 Å². The highest BCUT2D eigenvalue weighted by atomic mass is 32.2. The molecule has 0 aliphatic rings. The van der Waals surface area contributed by atoms with Crippen molar-refractivity contribution in [2.45, 2.75) is 0 Å². The normalized spacial score (nSPS) is 11.6. The van der Waals surface area contributed by atoms with Crippen LogP contribution in [0.4, 0.5) is 0 Å². The second-order valence-electron chi connectivity index (χ2n) is 0.891. The van der Waals surface area contributed by atoms with Crippen LogP contribution in [-0.4, -0.2) is 29.0 Å². The maximum absolute atomic E-state index is 10.0. The number of hydrogen-bond acceptors (Lipinski definition) is 3. The minimum atomic E-state index is -3.38. The Morgan fingerprint density at radius 1 is 1.71 bits per heavy atom. The molecule has 3 nitrogen and oxygen atoms in total. The molecule has 0 unspecified atom stereocenters. The summed E-state index contributed by atoms with van der Waals surface area (Å²) < 4.78 is 24.0. The van der Waals surface area contributed by atoms with E-state index in [1.54, 1.807) is 0 Å². The van der Waals surface area contributed by atoms with Crippen molar-refractivity contribution in [1.29, 1.82) is 0 Å². The lowest BCUT2D eigenvalue weighted by Crippen LogP contribution is -2.06. The van der Waals surface area contributed by atoms with Gasteiger partial charge in [-0.1, -0.05) is 0 Å². The molecule has 0 aromatic heterocycles. The van der Waals surface area contributed by atoms with Crippen LogP contribution < -0.4 is 0 Å². The highest BCUT2D eigenvalue weighted by Crippen LogP contribution is 1.82. The Morgan fingerprint density at radius 3 is 2.14 bits per heavy atom. The van der Waals surface area contributed by atoms with Crippen molar-refractivity contribution >= 4 is 18.0 Å². The summed E-state index contributed by atoms with van der Waals surface area (Å²) in [5.41, 5.74) is -0.455. The molecule has 0 heterocycles. The van der Waals surface area contributed by atoms with Crippen molar-refractivity contribution in [2.75, 3.05) is 12.8 Å². The van der Waals surface area contributed by atoms with Gasteiger partial charge in [-0.05, 0) is 0 Å². The first kappa shape index (κ1) is 6.97. The van der Waals surface area contributed by atoms with Gasteiger partial charge in [-0.2, -0.15) is 0 Å². The first-order valence-corrected chi connectivity index (χ1v) is 3.18. The third-order valence-electron chi connectivity index (χ3n) is 0.458. The molecule has 0 N–H and O–H groups in total. The van der Waals surface area contributed by atoms with Crippen molar-refractivity contribution < 1.29 is 12.6 Å². The molecule has 5 heteroatoms. The summed E-state index contributed by atoms with van der Waals surface area (Å²) in [6.07, 6.45) is 0. The SMILES string of the molecule is [B]CS(=O)(=O)OC. The smallest absolute Gasteiger partial charge is 0.258 e. The van der Waals surface area contributed by atoms with Crippen molar-refractivity contribution in [3.8, 4) is 0 Å².